The maximum atomic E-state index is 4.09. The molecule has 1 unspecified atom stereocenters. The molecule has 1 atom stereocenters. The van der Waals surface area contributed by atoms with Gasteiger partial charge in [0.25, 0.3) is 0 Å². The summed E-state index contributed by atoms with van der Waals surface area (Å²) < 4.78 is 3.43. The third-order valence-corrected chi connectivity index (χ3v) is 9.33. The second-order valence-electron chi connectivity index (χ2n) is 11.0. The summed E-state index contributed by atoms with van der Waals surface area (Å²) in [6, 6.07) is 5.05. The average molecular weight is 419 g/mol. The Bertz CT molecular complexity index is 692. The van der Waals surface area contributed by atoms with Crippen LogP contribution in [0.1, 0.15) is 98.8 Å². The summed E-state index contributed by atoms with van der Waals surface area (Å²) in [6.45, 7) is 27.5. The Labute approximate surface area is 167 Å². The third kappa shape index (κ3) is 4.93. The van der Waals surface area contributed by atoms with Gasteiger partial charge in [0.2, 0.25) is 0 Å². The minimum absolute atomic E-state index is 0.177. The number of hydrogen-bond acceptors (Lipinski definition) is 0. The van der Waals surface area contributed by atoms with Crippen molar-refractivity contribution in [1.82, 2.24) is 0 Å². The molecule has 26 heavy (non-hydrogen) atoms. The first-order valence-corrected chi connectivity index (χ1v) is 12.6. The molecule has 0 bridgehead atoms. The predicted octanol–water partition coefficient (Wildman–Crippen LogP) is 6.66. The van der Waals surface area contributed by atoms with E-state index in [1.54, 1.807) is 20.1 Å². The second kappa shape index (κ2) is 6.99. The van der Waals surface area contributed by atoms with Crippen molar-refractivity contribution in [3.8, 4) is 0 Å². The molecule has 0 amide bonds. The Kier molecular flexibility index (Phi) is 5.79. The molecule has 0 saturated carbocycles. The van der Waals surface area contributed by atoms with Gasteiger partial charge in [-0.3, -0.25) is 0 Å². The van der Waals surface area contributed by atoms with Crippen molar-refractivity contribution in [1.29, 1.82) is 0 Å². The molecule has 1 aromatic rings. The van der Waals surface area contributed by atoms with Crippen LogP contribution in [0.2, 0.25) is 0 Å². The summed E-state index contributed by atoms with van der Waals surface area (Å²) in [5, 5.41) is 0. The molecule has 0 fully saturated rings. The molecule has 1 aliphatic rings. The topological polar surface area (TPSA) is 0 Å². The van der Waals surface area contributed by atoms with Crippen molar-refractivity contribution < 1.29 is 0 Å². The van der Waals surface area contributed by atoms with Crippen LogP contribution in [-0.2, 0) is 16.2 Å². The number of rotatable bonds is 4. The van der Waals surface area contributed by atoms with E-state index < -0.39 is 13.9 Å². The summed E-state index contributed by atoms with van der Waals surface area (Å²) in [7, 11) is 0. The Morgan fingerprint density at radius 1 is 0.846 bits per heavy atom. The zero-order valence-electron chi connectivity index (χ0n) is 18.8. The fourth-order valence-corrected chi connectivity index (χ4v) is 8.44. The average Bonchev–Trinajstić information content (AvgIpc) is 3.20. The van der Waals surface area contributed by atoms with Gasteiger partial charge in [0, 0.05) is 0 Å². The number of hydrogen-bond donors (Lipinski definition) is 0. The van der Waals surface area contributed by atoms with Crippen LogP contribution < -0.4 is 4.46 Å². The Morgan fingerprint density at radius 2 is 1.31 bits per heavy atom. The van der Waals surface area contributed by atoms with Crippen molar-refractivity contribution in [3.63, 3.8) is 0 Å². The van der Waals surface area contributed by atoms with Gasteiger partial charge in [0.05, 0.1) is 0 Å². The van der Waals surface area contributed by atoms with Crippen LogP contribution in [0.15, 0.2) is 33.7 Å². The summed E-state index contributed by atoms with van der Waals surface area (Å²) in [5.41, 5.74) is 6.48. The van der Waals surface area contributed by atoms with Crippen LogP contribution in [-0.4, -0.2) is 13.9 Å². The zero-order valence-corrected chi connectivity index (χ0v) is 20.5. The fourth-order valence-electron chi connectivity index (χ4n) is 3.22. The van der Waals surface area contributed by atoms with Crippen LogP contribution in [0.4, 0.5) is 0 Å². The predicted molar refractivity (Wildman–Crippen MR) is 120 cm³/mol. The van der Waals surface area contributed by atoms with Crippen molar-refractivity contribution >= 4 is 18.4 Å². The molecule has 0 aliphatic carbocycles. The van der Waals surface area contributed by atoms with E-state index in [4.69, 9.17) is 0 Å². The molecule has 1 aliphatic heterocycles. The van der Waals surface area contributed by atoms with Crippen molar-refractivity contribution in [2.75, 3.05) is 0 Å². The fraction of sp³-hybridized carbons (Fsp3) is 0.600. The van der Waals surface area contributed by atoms with E-state index in [0.717, 1.165) is 6.42 Å². The first-order chi connectivity index (χ1) is 11.6. The molecule has 144 valence electrons. The van der Waals surface area contributed by atoms with Gasteiger partial charge in [-0.05, 0) is 0 Å². The molecule has 1 aromatic carbocycles. The van der Waals surface area contributed by atoms with Gasteiger partial charge in [-0.15, -0.1) is 0 Å². The van der Waals surface area contributed by atoms with Gasteiger partial charge in [-0.1, -0.05) is 0 Å². The summed E-state index contributed by atoms with van der Waals surface area (Å²) in [4.78, 5) is 2.61. The molecule has 1 heterocycles. The van der Waals surface area contributed by atoms with Crippen LogP contribution in [0.5, 0.6) is 0 Å². The number of benzene rings is 1. The first-order valence-electron chi connectivity index (χ1n) is 9.90. The summed E-state index contributed by atoms with van der Waals surface area (Å²) in [5.74, 6) is 0. The van der Waals surface area contributed by atoms with Crippen LogP contribution >= 0.6 is 0 Å². The van der Waals surface area contributed by atoms with E-state index >= 15 is 0 Å². The zero-order chi connectivity index (χ0) is 20.1. The van der Waals surface area contributed by atoms with Crippen molar-refractivity contribution in [2.45, 2.75) is 98.3 Å². The summed E-state index contributed by atoms with van der Waals surface area (Å²) >= 11 is -0.896. The Balaban J connectivity index is 2.60. The standard InChI is InChI=1S/C25H39Se/c1-17(2)12-13-19-16-26(19)22-20(24(6,7)8)14-18(23(3,4)5)15-21(22)25(9,10)11/h14-16H,1,12-13H2,2-11H3/q+1. The molecule has 1 heteroatoms. The van der Waals surface area contributed by atoms with Gasteiger partial charge in [-0.25, -0.2) is 0 Å². The Hall–Kier alpha value is -0.781. The molecule has 0 nitrogen and oxygen atoms in total. The van der Waals surface area contributed by atoms with Crippen LogP contribution in [0, 0.1) is 0 Å². The van der Waals surface area contributed by atoms with Crippen molar-refractivity contribution in [2.24, 2.45) is 0 Å². The van der Waals surface area contributed by atoms with E-state index in [9.17, 15) is 0 Å². The van der Waals surface area contributed by atoms with Gasteiger partial charge >= 0.3 is 167 Å². The molecule has 0 saturated heterocycles. The van der Waals surface area contributed by atoms with E-state index in [2.05, 4.69) is 92.9 Å². The molecule has 0 spiro atoms. The SMILES string of the molecule is C=C(C)CCC1=C[Se+]1c1c(C(C)(C)C)cc(C(C)(C)C)cc1C(C)(C)C. The normalized spacial score (nSPS) is 17.9. The monoisotopic (exact) mass is 419 g/mol. The molecule has 0 aromatic heterocycles. The van der Waals surface area contributed by atoms with E-state index in [-0.39, 0.29) is 16.2 Å². The van der Waals surface area contributed by atoms with Gasteiger partial charge in [-0.2, -0.15) is 0 Å². The summed E-state index contributed by atoms with van der Waals surface area (Å²) in [6.07, 6.45) is 2.36. The number of allylic oxidation sites excluding steroid dienone is 2. The van der Waals surface area contributed by atoms with Crippen molar-refractivity contribution in [3.05, 3.63) is 50.4 Å². The van der Waals surface area contributed by atoms with Crippen LogP contribution in [0.3, 0.4) is 0 Å². The van der Waals surface area contributed by atoms with Crippen LogP contribution in [0.25, 0.3) is 0 Å². The molecular weight excluding hydrogens is 379 g/mol. The third-order valence-electron chi connectivity index (χ3n) is 5.06. The molecular formula is C25H39Se+. The molecule has 0 N–H and O–H groups in total. The van der Waals surface area contributed by atoms with E-state index in [0.29, 0.717) is 0 Å². The molecule has 0 radical (unpaired) electrons. The first kappa shape index (κ1) is 21.5. The van der Waals surface area contributed by atoms with Gasteiger partial charge < -0.3 is 0 Å². The van der Waals surface area contributed by atoms with E-state index in [1.807, 2.05) is 0 Å². The van der Waals surface area contributed by atoms with Gasteiger partial charge in [0.15, 0.2) is 0 Å². The quantitative estimate of drug-likeness (QED) is 0.379. The second-order valence-corrected chi connectivity index (χ2v) is 14.9. The minimum atomic E-state index is -0.896. The maximum absolute atomic E-state index is 4.09. The van der Waals surface area contributed by atoms with Gasteiger partial charge in [0.1, 0.15) is 0 Å². The Morgan fingerprint density at radius 3 is 1.65 bits per heavy atom. The van der Waals surface area contributed by atoms with E-state index in [1.165, 1.54) is 17.6 Å². The molecule has 2 rings (SSSR count).